The highest BCUT2D eigenvalue weighted by molar-refractivity contribution is 6.09. The lowest BCUT2D eigenvalue weighted by Crippen LogP contribution is -2.31. The van der Waals surface area contributed by atoms with Crippen molar-refractivity contribution in [2.75, 3.05) is 0 Å². The number of aliphatic carboxylic acids is 2. The van der Waals surface area contributed by atoms with E-state index in [9.17, 15) is 14.4 Å². The Morgan fingerprint density at radius 3 is 1.36 bits per heavy atom. The summed E-state index contributed by atoms with van der Waals surface area (Å²) in [6.07, 6.45) is 1.79. The third-order valence-corrected chi connectivity index (χ3v) is 1.62. The van der Waals surface area contributed by atoms with Crippen molar-refractivity contribution in [3.63, 3.8) is 0 Å². The second-order valence-electron chi connectivity index (χ2n) is 2.51. The van der Waals surface area contributed by atoms with Gasteiger partial charge in [0.25, 0.3) is 0 Å². The van der Waals surface area contributed by atoms with Gasteiger partial charge < -0.3 is 10.2 Å². The zero-order valence-electron chi connectivity index (χ0n) is 7.34. The van der Waals surface area contributed by atoms with Gasteiger partial charge in [0.05, 0.1) is 0 Å². The molecule has 0 spiro atoms. The van der Waals surface area contributed by atoms with Crippen molar-refractivity contribution in [1.29, 1.82) is 0 Å². The summed E-state index contributed by atoms with van der Waals surface area (Å²) in [5.74, 6) is -6.80. The van der Waals surface area contributed by atoms with Crippen molar-refractivity contribution < 1.29 is 24.6 Å². The van der Waals surface area contributed by atoms with Gasteiger partial charge in [0.15, 0.2) is 5.78 Å². The number of carbonyl (C=O) groups is 3. The number of hydrogen-bond donors (Lipinski definition) is 2. The van der Waals surface area contributed by atoms with E-state index in [1.165, 1.54) is 0 Å². The molecule has 0 aromatic carbocycles. The van der Waals surface area contributed by atoms with Crippen LogP contribution in [0.15, 0.2) is 25.3 Å². The highest BCUT2D eigenvalue weighted by Crippen LogP contribution is 2.10. The van der Waals surface area contributed by atoms with Crippen molar-refractivity contribution in [2.24, 2.45) is 11.8 Å². The van der Waals surface area contributed by atoms with E-state index in [1.807, 2.05) is 0 Å². The second-order valence-corrected chi connectivity index (χ2v) is 2.51. The lowest BCUT2D eigenvalue weighted by Gasteiger charge is -2.09. The molecule has 0 aliphatic carbocycles. The van der Waals surface area contributed by atoms with Crippen molar-refractivity contribution in [3.05, 3.63) is 25.3 Å². The molecule has 5 heteroatoms. The van der Waals surface area contributed by atoms with Crippen LogP contribution < -0.4 is 0 Å². The van der Waals surface area contributed by atoms with E-state index in [1.54, 1.807) is 0 Å². The summed E-state index contributed by atoms with van der Waals surface area (Å²) in [7, 11) is 0. The molecular weight excluding hydrogens is 188 g/mol. The minimum Gasteiger partial charge on any atom is -0.480 e. The summed E-state index contributed by atoms with van der Waals surface area (Å²) in [4.78, 5) is 32.3. The Kier molecular flexibility index (Phi) is 4.28. The Morgan fingerprint density at radius 2 is 1.21 bits per heavy atom. The lowest BCUT2D eigenvalue weighted by molar-refractivity contribution is -0.149. The molecule has 0 aromatic heterocycles. The summed E-state index contributed by atoms with van der Waals surface area (Å²) in [5.41, 5.74) is 0. The van der Waals surface area contributed by atoms with Gasteiger partial charge in [-0.3, -0.25) is 14.4 Å². The van der Waals surface area contributed by atoms with Crippen molar-refractivity contribution >= 4 is 17.7 Å². The predicted octanol–water partition coefficient (Wildman–Crippen LogP) is 0.329. The van der Waals surface area contributed by atoms with Crippen LogP contribution in [0.25, 0.3) is 0 Å². The molecular formula is C9H10O5. The monoisotopic (exact) mass is 198 g/mol. The molecule has 2 N–H and O–H groups in total. The van der Waals surface area contributed by atoms with Gasteiger partial charge in [-0.25, -0.2) is 0 Å². The number of carboxylic acid groups (broad SMARTS) is 2. The van der Waals surface area contributed by atoms with E-state index < -0.39 is 29.6 Å². The smallest absolute Gasteiger partial charge is 0.317 e. The molecule has 0 bridgehead atoms. The van der Waals surface area contributed by atoms with Gasteiger partial charge in [-0.1, -0.05) is 12.2 Å². The minimum atomic E-state index is -1.51. The first-order chi connectivity index (χ1) is 6.45. The maximum absolute atomic E-state index is 11.3. The van der Waals surface area contributed by atoms with Crippen molar-refractivity contribution in [2.45, 2.75) is 0 Å². The highest BCUT2D eigenvalue weighted by atomic mass is 16.4. The minimum absolute atomic E-state index is 0.893. The molecule has 0 saturated carbocycles. The molecule has 0 heterocycles. The van der Waals surface area contributed by atoms with Crippen LogP contribution in [0.1, 0.15) is 0 Å². The first-order valence-electron chi connectivity index (χ1n) is 3.70. The lowest BCUT2D eigenvalue weighted by atomic mass is 9.93. The third kappa shape index (κ3) is 2.55. The SMILES string of the molecule is C=CC(C(=O)O)C(=O)C(C=C)C(=O)O. The summed E-state index contributed by atoms with van der Waals surface area (Å²) < 4.78 is 0. The summed E-state index contributed by atoms with van der Waals surface area (Å²) in [6.45, 7) is 6.30. The zero-order valence-corrected chi connectivity index (χ0v) is 7.34. The van der Waals surface area contributed by atoms with Gasteiger partial charge in [-0.05, 0) is 0 Å². The maximum atomic E-state index is 11.3. The average molecular weight is 198 g/mol. The number of hydrogen-bond acceptors (Lipinski definition) is 3. The maximum Gasteiger partial charge on any atom is 0.317 e. The van der Waals surface area contributed by atoms with Crippen molar-refractivity contribution in [1.82, 2.24) is 0 Å². The van der Waals surface area contributed by atoms with Crippen LogP contribution in [-0.4, -0.2) is 27.9 Å². The van der Waals surface area contributed by atoms with Gasteiger partial charge in [-0.15, -0.1) is 13.2 Å². The molecule has 76 valence electrons. The fourth-order valence-electron chi connectivity index (χ4n) is 0.871. The van der Waals surface area contributed by atoms with E-state index in [-0.39, 0.29) is 0 Å². The van der Waals surface area contributed by atoms with Gasteiger partial charge >= 0.3 is 11.9 Å². The Hall–Kier alpha value is -1.91. The Labute approximate surface area is 80.4 Å². The molecule has 0 aliphatic rings. The first-order valence-corrected chi connectivity index (χ1v) is 3.70. The Balaban J connectivity index is 4.89. The summed E-state index contributed by atoms with van der Waals surface area (Å²) >= 11 is 0. The van der Waals surface area contributed by atoms with Gasteiger partial charge in [0.1, 0.15) is 11.8 Å². The van der Waals surface area contributed by atoms with Crippen molar-refractivity contribution in [3.8, 4) is 0 Å². The first kappa shape index (κ1) is 12.1. The van der Waals surface area contributed by atoms with E-state index in [0.29, 0.717) is 0 Å². The quantitative estimate of drug-likeness (QED) is 0.474. The molecule has 0 saturated heterocycles. The second kappa shape index (κ2) is 4.96. The molecule has 0 aromatic rings. The van der Waals surface area contributed by atoms with Gasteiger partial charge in [0.2, 0.25) is 0 Å². The topological polar surface area (TPSA) is 91.7 Å². The summed E-state index contributed by atoms with van der Waals surface area (Å²) in [5, 5.41) is 17.1. The van der Waals surface area contributed by atoms with E-state index >= 15 is 0 Å². The molecule has 0 fully saturated rings. The number of carboxylic acids is 2. The number of ketones is 1. The standard InChI is InChI=1S/C9H10O5/c1-3-5(8(11)12)7(10)6(4-2)9(13)14/h3-6H,1-2H2,(H,11,12)(H,13,14). The fourth-order valence-corrected chi connectivity index (χ4v) is 0.871. The third-order valence-electron chi connectivity index (χ3n) is 1.62. The van der Waals surface area contributed by atoms with Gasteiger partial charge in [-0.2, -0.15) is 0 Å². The molecule has 0 rings (SSSR count). The molecule has 0 aliphatic heterocycles. The van der Waals surface area contributed by atoms with Crippen LogP contribution >= 0.6 is 0 Å². The van der Waals surface area contributed by atoms with E-state index in [0.717, 1.165) is 12.2 Å². The molecule has 2 unspecified atom stereocenters. The van der Waals surface area contributed by atoms with E-state index in [2.05, 4.69) is 13.2 Å². The van der Waals surface area contributed by atoms with Crippen LogP contribution in [0.4, 0.5) is 0 Å². The highest BCUT2D eigenvalue weighted by Gasteiger charge is 2.32. The average Bonchev–Trinajstić information content (AvgIpc) is 2.04. The van der Waals surface area contributed by atoms with Crippen LogP contribution in [0.3, 0.4) is 0 Å². The van der Waals surface area contributed by atoms with Crippen LogP contribution in [0.5, 0.6) is 0 Å². The molecule has 0 amide bonds. The molecule has 5 nitrogen and oxygen atoms in total. The molecule has 2 atom stereocenters. The fraction of sp³-hybridized carbons (Fsp3) is 0.222. The molecule has 14 heavy (non-hydrogen) atoms. The van der Waals surface area contributed by atoms with Crippen LogP contribution in [0, 0.1) is 11.8 Å². The normalized spacial score (nSPS) is 13.7. The number of carbonyl (C=O) groups excluding carboxylic acids is 1. The number of rotatable bonds is 6. The molecule has 0 radical (unpaired) electrons. The Morgan fingerprint density at radius 1 is 0.929 bits per heavy atom. The van der Waals surface area contributed by atoms with E-state index in [4.69, 9.17) is 10.2 Å². The largest absolute Gasteiger partial charge is 0.480 e. The summed E-state index contributed by atoms with van der Waals surface area (Å²) in [6, 6.07) is 0. The Bertz CT molecular complexity index is 264. The number of Topliss-reactive ketones (excluding diaryl/α,β-unsaturated/α-hetero) is 1. The zero-order chi connectivity index (χ0) is 11.3. The van der Waals surface area contributed by atoms with Crippen LogP contribution in [0.2, 0.25) is 0 Å². The van der Waals surface area contributed by atoms with Crippen LogP contribution in [-0.2, 0) is 14.4 Å². The predicted molar refractivity (Wildman–Crippen MR) is 47.7 cm³/mol. The van der Waals surface area contributed by atoms with Gasteiger partial charge in [0, 0.05) is 0 Å².